The number of hydrogen-bond acceptors (Lipinski definition) is 8. The first-order chi connectivity index (χ1) is 20.5. The minimum atomic E-state index is -0.980. The molecule has 1 aliphatic rings. The van der Waals surface area contributed by atoms with Crippen LogP contribution < -0.4 is 9.64 Å². The fourth-order valence-corrected chi connectivity index (χ4v) is 5.36. The van der Waals surface area contributed by atoms with E-state index in [9.17, 15) is 4.79 Å². The number of hydrogen-bond donors (Lipinski definition) is 0. The van der Waals surface area contributed by atoms with Crippen LogP contribution in [-0.2, 0) is 32.0 Å². The summed E-state index contributed by atoms with van der Waals surface area (Å²) < 4.78 is 26.1. The largest absolute Gasteiger partial charge is 0.487 e. The molecule has 9 nitrogen and oxygen atoms in total. The zero-order valence-electron chi connectivity index (χ0n) is 26.5. The number of ether oxygens (including phenoxy) is 4. The Morgan fingerprint density at radius 2 is 1.88 bits per heavy atom. The minimum Gasteiger partial charge on any atom is -0.487 e. The SMILES string of the molecule is C=CCOC1(C)CCN(c2c(C(OC(C)(C)C)C(=O)OCC)c(C)nc3cc(COc4ccccc4CC=C)nn23)CC1. The van der Waals surface area contributed by atoms with Crippen LogP contribution >= 0.6 is 0 Å². The van der Waals surface area contributed by atoms with Crippen molar-refractivity contribution < 1.29 is 23.7 Å². The van der Waals surface area contributed by atoms with E-state index in [2.05, 4.69) is 25.0 Å². The lowest BCUT2D eigenvalue weighted by Crippen LogP contribution is -2.45. The van der Waals surface area contributed by atoms with Crippen molar-refractivity contribution in [1.29, 1.82) is 0 Å². The zero-order chi connectivity index (χ0) is 31.2. The molecule has 1 saturated heterocycles. The van der Waals surface area contributed by atoms with E-state index >= 15 is 0 Å². The molecule has 0 aliphatic carbocycles. The van der Waals surface area contributed by atoms with Gasteiger partial charge in [-0.05, 0) is 72.4 Å². The van der Waals surface area contributed by atoms with Crippen LogP contribution in [0.5, 0.6) is 5.75 Å². The highest BCUT2D eigenvalue weighted by Crippen LogP contribution is 2.38. The van der Waals surface area contributed by atoms with Crippen LogP contribution in [0.1, 0.15) is 76.1 Å². The quantitative estimate of drug-likeness (QED) is 0.169. The number of benzene rings is 1. The van der Waals surface area contributed by atoms with Gasteiger partial charge in [-0.1, -0.05) is 30.4 Å². The third kappa shape index (κ3) is 7.83. The maximum absolute atomic E-state index is 13.4. The lowest BCUT2D eigenvalue weighted by Gasteiger charge is -2.41. The molecule has 4 rings (SSSR count). The lowest BCUT2D eigenvalue weighted by molar-refractivity contribution is -0.166. The van der Waals surface area contributed by atoms with Crippen molar-refractivity contribution in [2.45, 2.75) is 84.7 Å². The van der Waals surface area contributed by atoms with Gasteiger partial charge in [0.05, 0.1) is 30.0 Å². The summed E-state index contributed by atoms with van der Waals surface area (Å²) in [6.45, 7) is 21.7. The average Bonchev–Trinajstić information content (AvgIpc) is 3.36. The Labute approximate surface area is 255 Å². The molecule has 9 heteroatoms. The van der Waals surface area contributed by atoms with E-state index in [1.807, 2.05) is 68.6 Å². The van der Waals surface area contributed by atoms with E-state index in [-0.39, 0.29) is 18.8 Å². The summed E-state index contributed by atoms with van der Waals surface area (Å²) in [4.78, 5) is 20.6. The molecule has 3 heterocycles. The molecular formula is C34H46N4O5. The van der Waals surface area contributed by atoms with Crippen LogP contribution in [-0.4, -0.2) is 58.1 Å². The molecular weight excluding hydrogens is 544 g/mol. The van der Waals surface area contributed by atoms with Gasteiger partial charge in [0.15, 0.2) is 11.8 Å². The van der Waals surface area contributed by atoms with Gasteiger partial charge in [0.25, 0.3) is 0 Å². The summed E-state index contributed by atoms with van der Waals surface area (Å²) in [6.07, 6.45) is 4.96. The molecule has 1 fully saturated rings. The predicted molar refractivity (Wildman–Crippen MR) is 169 cm³/mol. The molecule has 3 aromatic rings. The number of piperidine rings is 1. The molecule has 1 aromatic carbocycles. The lowest BCUT2D eigenvalue weighted by atomic mass is 9.92. The number of para-hydroxylation sites is 1. The van der Waals surface area contributed by atoms with E-state index in [1.54, 1.807) is 13.0 Å². The summed E-state index contributed by atoms with van der Waals surface area (Å²) in [6, 6.07) is 9.86. The number of aromatic nitrogens is 3. The van der Waals surface area contributed by atoms with Crippen LogP contribution in [0.3, 0.4) is 0 Å². The molecule has 0 bridgehead atoms. The van der Waals surface area contributed by atoms with Crippen molar-refractivity contribution in [3.8, 4) is 5.75 Å². The topological polar surface area (TPSA) is 87.4 Å². The number of anilines is 1. The number of carbonyl (C=O) groups excluding carboxylic acids is 1. The average molecular weight is 591 g/mol. The second kappa shape index (κ2) is 13.7. The first-order valence-electron chi connectivity index (χ1n) is 15.0. The molecule has 43 heavy (non-hydrogen) atoms. The van der Waals surface area contributed by atoms with Gasteiger partial charge < -0.3 is 23.8 Å². The van der Waals surface area contributed by atoms with Gasteiger partial charge in [0.1, 0.15) is 23.9 Å². The van der Waals surface area contributed by atoms with E-state index in [1.165, 1.54) is 0 Å². The Kier molecular flexibility index (Phi) is 10.3. The van der Waals surface area contributed by atoms with Gasteiger partial charge in [0.2, 0.25) is 0 Å². The van der Waals surface area contributed by atoms with Crippen molar-refractivity contribution in [1.82, 2.24) is 14.6 Å². The fourth-order valence-electron chi connectivity index (χ4n) is 5.36. The Morgan fingerprint density at radius 3 is 2.53 bits per heavy atom. The number of allylic oxidation sites excluding steroid dienone is 1. The molecule has 0 amide bonds. The predicted octanol–water partition coefficient (Wildman–Crippen LogP) is 6.33. The summed E-state index contributed by atoms with van der Waals surface area (Å²) in [5.41, 5.74) is 2.91. The van der Waals surface area contributed by atoms with Crippen LogP contribution in [0.25, 0.3) is 5.65 Å². The second-order valence-electron chi connectivity index (χ2n) is 12.1. The van der Waals surface area contributed by atoms with Crippen LogP contribution in [0.15, 0.2) is 55.6 Å². The molecule has 0 saturated carbocycles. The third-order valence-electron chi connectivity index (χ3n) is 7.47. The number of nitrogens with zero attached hydrogens (tertiary/aromatic N) is 4. The van der Waals surface area contributed by atoms with E-state index in [4.69, 9.17) is 29.0 Å². The van der Waals surface area contributed by atoms with E-state index < -0.39 is 17.7 Å². The van der Waals surface area contributed by atoms with Gasteiger partial charge in [-0.15, -0.1) is 13.2 Å². The maximum atomic E-state index is 13.4. The summed E-state index contributed by atoms with van der Waals surface area (Å²) in [5, 5.41) is 4.97. The van der Waals surface area contributed by atoms with Crippen LogP contribution in [0.2, 0.25) is 0 Å². The first kappa shape index (κ1) is 32.2. The summed E-state index contributed by atoms with van der Waals surface area (Å²) >= 11 is 0. The van der Waals surface area contributed by atoms with Gasteiger partial charge in [0, 0.05) is 24.8 Å². The number of rotatable bonds is 13. The standard InChI is InChI=1S/C34H46N4O5/c1-9-14-25-15-12-13-16-27(25)41-23-26-22-28-35-24(4)29(30(32(39)40-11-3)43-33(5,6)7)31(38(28)36-26)37-19-17-34(8,18-20-37)42-21-10-2/h9-10,12-13,15-16,22,30H,1-2,11,14,17-21,23H2,3-8H3. The Balaban J connectivity index is 1.79. The highest BCUT2D eigenvalue weighted by Gasteiger charge is 2.38. The van der Waals surface area contributed by atoms with Gasteiger partial charge >= 0.3 is 5.97 Å². The van der Waals surface area contributed by atoms with Crippen molar-refractivity contribution in [2.24, 2.45) is 0 Å². The first-order valence-corrected chi connectivity index (χ1v) is 15.0. The third-order valence-corrected chi connectivity index (χ3v) is 7.47. The number of esters is 1. The van der Waals surface area contributed by atoms with Crippen molar-refractivity contribution in [3.63, 3.8) is 0 Å². The van der Waals surface area contributed by atoms with Gasteiger partial charge in [-0.2, -0.15) is 9.61 Å². The van der Waals surface area contributed by atoms with Gasteiger partial charge in [-0.25, -0.2) is 9.78 Å². The molecule has 1 unspecified atom stereocenters. The monoisotopic (exact) mass is 590 g/mol. The molecule has 232 valence electrons. The number of aryl methyl sites for hydroxylation is 1. The summed E-state index contributed by atoms with van der Waals surface area (Å²) in [7, 11) is 0. The molecule has 0 radical (unpaired) electrons. The molecule has 1 atom stereocenters. The van der Waals surface area contributed by atoms with E-state index in [0.29, 0.717) is 43.0 Å². The minimum absolute atomic E-state index is 0.242. The van der Waals surface area contributed by atoms with Gasteiger partial charge in [-0.3, -0.25) is 0 Å². The zero-order valence-corrected chi connectivity index (χ0v) is 26.5. The van der Waals surface area contributed by atoms with Crippen molar-refractivity contribution in [3.05, 3.63) is 78.2 Å². The Morgan fingerprint density at radius 1 is 1.16 bits per heavy atom. The summed E-state index contributed by atoms with van der Waals surface area (Å²) in [5.74, 6) is 1.11. The van der Waals surface area contributed by atoms with Crippen LogP contribution in [0.4, 0.5) is 5.82 Å². The normalized spacial score (nSPS) is 15.7. The van der Waals surface area contributed by atoms with E-state index in [0.717, 1.165) is 35.7 Å². The molecule has 0 spiro atoms. The van der Waals surface area contributed by atoms with Crippen molar-refractivity contribution >= 4 is 17.4 Å². The second-order valence-corrected chi connectivity index (χ2v) is 12.1. The van der Waals surface area contributed by atoms with Crippen LogP contribution in [0, 0.1) is 6.92 Å². The number of fused-ring (bicyclic) bond motifs is 1. The highest BCUT2D eigenvalue weighted by atomic mass is 16.6. The number of carbonyl (C=O) groups is 1. The fraction of sp³-hybridized carbons (Fsp3) is 0.500. The molecule has 2 aromatic heterocycles. The Hall–Kier alpha value is -3.69. The maximum Gasteiger partial charge on any atom is 0.340 e. The molecule has 0 N–H and O–H groups in total. The smallest absolute Gasteiger partial charge is 0.340 e. The molecule has 1 aliphatic heterocycles. The van der Waals surface area contributed by atoms with Crippen molar-refractivity contribution in [2.75, 3.05) is 31.2 Å². The highest BCUT2D eigenvalue weighted by molar-refractivity contribution is 5.80. The Bertz CT molecular complexity index is 1430.